The van der Waals surface area contributed by atoms with Crippen molar-refractivity contribution in [3.05, 3.63) is 29.8 Å². The molecule has 0 saturated carbocycles. The molecule has 0 spiro atoms. The van der Waals surface area contributed by atoms with Gasteiger partial charge in [-0.1, -0.05) is 12.1 Å². The number of nitrogens with zero attached hydrogens (tertiary/aromatic N) is 1. The fourth-order valence-corrected chi connectivity index (χ4v) is 0.927. The van der Waals surface area contributed by atoms with Crippen LogP contribution in [0.4, 0.5) is 4.79 Å². The van der Waals surface area contributed by atoms with E-state index in [1.807, 2.05) is 18.2 Å². The van der Waals surface area contributed by atoms with Crippen LogP contribution in [-0.4, -0.2) is 26.5 Å². The summed E-state index contributed by atoms with van der Waals surface area (Å²) in [4.78, 5) is 10.7. The minimum Gasteiger partial charge on any atom is -0.497 e. The molecule has 1 amide bonds. The second-order valence-electron chi connectivity index (χ2n) is 2.64. The largest absolute Gasteiger partial charge is 0.497 e. The summed E-state index contributed by atoms with van der Waals surface area (Å²) in [5.41, 5.74) is 3.01. The molecule has 15 heavy (non-hydrogen) atoms. The van der Waals surface area contributed by atoms with Crippen LogP contribution in [0.25, 0.3) is 0 Å². The monoisotopic (exact) mass is 208 g/mol. The molecule has 5 heteroatoms. The lowest BCUT2D eigenvalue weighted by atomic mass is 10.2. The van der Waals surface area contributed by atoms with Gasteiger partial charge in [0.05, 0.1) is 20.4 Å². The number of carbonyl (C=O) groups excluding carboxylic acids is 1. The van der Waals surface area contributed by atoms with Crippen molar-refractivity contribution in [2.45, 2.75) is 0 Å². The number of benzene rings is 1. The fraction of sp³-hybridized carbons (Fsp3) is 0.200. The zero-order valence-corrected chi connectivity index (χ0v) is 8.56. The van der Waals surface area contributed by atoms with Gasteiger partial charge in [0.15, 0.2) is 0 Å². The maximum absolute atomic E-state index is 10.7. The van der Waals surface area contributed by atoms with Gasteiger partial charge in [0, 0.05) is 0 Å². The standard InChI is InChI=1S/C10H12N2O3/c1-14-9-5-3-4-8(6-9)7-11-12-10(13)15-2/h3-7H,1-2H3,(H,12,13). The van der Waals surface area contributed by atoms with Gasteiger partial charge in [-0.05, 0) is 17.7 Å². The van der Waals surface area contributed by atoms with Gasteiger partial charge >= 0.3 is 6.09 Å². The third-order valence-corrected chi connectivity index (χ3v) is 1.65. The molecule has 0 aliphatic carbocycles. The van der Waals surface area contributed by atoms with Crippen LogP contribution in [0.2, 0.25) is 0 Å². The number of hydrazone groups is 1. The molecule has 80 valence electrons. The number of methoxy groups -OCH3 is 2. The average Bonchev–Trinajstić information content (AvgIpc) is 2.29. The van der Waals surface area contributed by atoms with E-state index >= 15 is 0 Å². The first kappa shape index (κ1) is 11.0. The molecule has 1 rings (SSSR count). The number of carbonyl (C=O) groups is 1. The number of hydrogen-bond acceptors (Lipinski definition) is 4. The lowest BCUT2D eigenvalue weighted by Gasteiger charge is -1.99. The zero-order chi connectivity index (χ0) is 11.1. The second-order valence-corrected chi connectivity index (χ2v) is 2.64. The molecule has 5 nitrogen and oxygen atoms in total. The van der Waals surface area contributed by atoms with Crippen LogP contribution >= 0.6 is 0 Å². The van der Waals surface area contributed by atoms with Crippen molar-refractivity contribution in [1.82, 2.24) is 5.43 Å². The summed E-state index contributed by atoms with van der Waals surface area (Å²) in [7, 11) is 2.86. The van der Waals surface area contributed by atoms with Crippen molar-refractivity contribution in [3.8, 4) is 5.75 Å². The second kappa shape index (κ2) is 5.64. The fourth-order valence-electron chi connectivity index (χ4n) is 0.927. The van der Waals surface area contributed by atoms with Gasteiger partial charge in [-0.2, -0.15) is 5.10 Å². The van der Waals surface area contributed by atoms with Crippen LogP contribution in [0.3, 0.4) is 0 Å². The molecule has 1 aromatic carbocycles. The summed E-state index contributed by atoms with van der Waals surface area (Å²) < 4.78 is 9.37. The van der Waals surface area contributed by atoms with E-state index in [1.165, 1.54) is 13.3 Å². The summed E-state index contributed by atoms with van der Waals surface area (Å²) in [5, 5.41) is 3.68. The highest BCUT2D eigenvalue weighted by Crippen LogP contribution is 2.10. The quantitative estimate of drug-likeness (QED) is 0.603. The molecule has 0 aromatic heterocycles. The Labute approximate surface area is 87.7 Å². The minimum atomic E-state index is -0.603. The molecule has 0 aliphatic rings. The maximum atomic E-state index is 10.7. The molecule has 0 unspecified atom stereocenters. The van der Waals surface area contributed by atoms with Gasteiger partial charge in [0.1, 0.15) is 5.75 Å². The van der Waals surface area contributed by atoms with E-state index in [-0.39, 0.29) is 0 Å². The SMILES string of the molecule is COC(=O)NN=Cc1cccc(OC)c1. The third kappa shape index (κ3) is 3.68. The van der Waals surface area contributed by atoms with E-state index in [9.17, 15) is 4.79 Å². The predicted octanol–water partition coefficient (Wildman–Crippen LogP) is 1.39. The van der Waals surface area contributed by atoms with Crippen LogP contribution in [0.15, 0.2) is 29.4 Å². The Hall–Kier alpha value is -2.04. The lowest BCUT2D eigenvalue weighted by Crippen LogP contribution is -2.16. The molecule has 0 radical (unpaired) electrons. The number of hydrogen-bond donors (Lipinski definition) is 1. The normalized spacial score (nSPS) is 10.0. The number of ether oxygens (including phenoxy) is 2. The molecule has 1 N–H and O–H groups in total. The number of amides is 1. The van der Waals surface area contributed by atoms with E-state index in [0.717, 1.165) is 11.3 Å². The summed E-state index contributed by atoms with van der Waals surface area (Å²) in [5.74, 6) is 0.733. The molecular weight excluding hydrogens is 196 g/mol. The maximum Gasteiger partial charge on any atom is 0.427 e. The van der Waals surface area contributed by atoms with Gasteiger partial charge in [0.25, 0.3) is 0 Å². The molecular formula is C10H12N2O3. The van der Waals surface area contributed by atoms with E-state index < -0.39 is 6.09 Å². The van der Waals surface area contributed by atoms with E-state index in [4.69, 9.17) is 4.74 Å². The lowest BCUT2D eigenvalue weighted by molar-refractivity contribution is 0.171. The first-order valence-electron chi connectivity index (χ1n) is 4.27. The Morgan fingerprint density at radius 2 is 2.27 bits per heavy atom. The van der Waals surface area contributed by atoms with Crippen molar-refractivity contribution >= 4 is 12.3 Å². The van der Waals surface area contributed by atoms with E-state index in [1.54, 1.807) is 13.2 Å². The molecule has 0 fully saturated rings. The highest BCUT2D eigenvalue weighted by molar-refractivity contribution is 5.81. The van der Waals surface area contributed by atoms with Crippen molar-refractivity contribution < 1.29 is 14.3 Å². The van der Waals surface area contributed by atoms with Crippen molar-refractivity contribution in [3.63, 3.8) is 0 Å². The topological polar surface area (TPSA) is 59.9 Å². The molecule has 0 atom stereocenters. The minimum absolute atomic E-state index is 0.603. The first-order valence-corrected chi connectivity index (χ1v) is 4.27. The summed E-state index contributed by atoms with van der Waals surface area (Å²) >= 11 is 0. The Kier molecular flexibility index (Phi) is 4.15. The van der Waals surface area contributed by atoms with E-state index in [2.05, 4.69) is 15.3 Å². The van der Waals surface area contributed by atoms with Crippen LogP contribution in [0, 0.1) is 0 Å². The molecule has 0 bridgehead atoms. The van der Waals surface area contributed by atoms with Crippen LogP contribution in [0.1, 0.15) is 5.56 Å². The zero-order valence-electron chi connectivity index (χ0n) is 8.56. The summed E-state index contributed by atoms with van der Waals surface area (Å²) in [6, 6.07) is 7.29. The Morgan fingerprint density at radius 1 is 1.47 bits per heavy atom. The third-order valence-electron chi connectivity index (χ3n) is 1.65. The predicted molar refractivity (Wildman–Crippen MR) is 56.1 cm³/mol. The van der Waals surface area contributed by atoms with E-state index in [0.29, 0.717) is 0 Å². The Morgan fingerprint density at radius 3 is 2.93 bits per heavy atom. The molecule has 0 saturated heterocycles. The van der Waals surface area contributed by atoms with Crippen molar-refractivity contribution in [2.75, 3.05) is 14.2 Å². The van der Waals surface area contributed by atoms with Gasteiger partial charge in [-0.15, -0.1) is 0 Å². The van der Waals surface area contributed by atoms with Crippen LogP contribution in [0.5, 0.6) is 5.75 Å². The Bertz CT molecular complexity index is 363. The van der Waals surface area contributed by atoms with Gasteiger partial charge in [0.2, 0.25) is 0 Å². The van der Waals surface area contributed by atoms with Crippen molar-refractivity contribution in [2.24, 2.45) is 5.10 Å². The Balaban J connectivity index is 2.59. The van der Waals surface area contributed by atoms with Crippen LogP contribution in [-0.2, 0) is 4.74 Å². The van der Waals surface area contributed by atoms with Crippen LogP contribution < -0.4 is 10.2 Å². The molecule has 1 aromatic rings. The summed E-state index contributed by atoms with van der Waals surface area (Å²) in [6.45, 7) is 0. The summed E-state index contributed by atoms with van der Waals surface area (Å²) in [6.07, 6.45) is 0.897. The molecule has 0 heterocycles. The first-order chi connectivity index (χ1) is 7.26. The van der Waals surface area contributed by atoms with Gasteiger partial charge < -0.3 is 9.47 Å². The van der Waals surface area contributed by atoms with Gasteiger partial charge in [-0.25, -0.2) is 10.2 Å². The number of rotatable bonds is 3. The van der Waals surface area contributed by atoms with Crippen molar-refractivity contribution in [1.29, 1.82) is 0 Å². The highest BCUT2D eigenvalue weighted by atomic mass is 16.5. The van der Waals surface area contributed by atoms with Gasteiger partial charge in [-0.3, -0.25) is 0 Å². The average molecular weight is 208 g/mol. The number of nitrogens with one attached hydrogen (secondary N) is 1. The smallest absolute Gasteiger partial charge is 0.427 e. The molecule has 0 aliphatic heterocycles. The highest BCUT2D eigenvalue weighted by Gasteiger charge is 1.94.